The van der Waals surface area contributed by atoms with Crippen molar-refractivity contribution in [2.75, 3.05) is 32.1 Å². The first kappa shape index (κ1) is 13.3. The molecule has 2 aliphatic rings. The van der Waals surface area contributed by atoms with E-state index in [1.807, 2.05) is 0 Å². The van der Waals surface area contributed by atoms with Gasteiger partial charge in [0.05, 0.1) is 11.8 Å². The van der Waals surface area contributed by atoms with Gasteiger partial charge in [-0.15, -0.1) is 11.3 Å². The summed E-state index contributed by atoms with van der Waals surface area (Å²) in [6.07, 6.45) is 5.21. The molecule has 1 N–H and O–H groups in total. The fraction of sp³-hybridized carbons (Fsp3) is 0.786. The van der Waals surface area contributed by atoms with Crippen LogP contribution in [0.1, 0.15) is 42.4 Å². The molecular formula is C14H23N3OS. The van der Waals surface area contributed by atoms with E-state index in [0.29, 0.717) is 6.04 Å². The molecule has 0 saturated carbocycles. The summed E-state index contributed by atoms with van der Waals surface area (Å²) in [6.45, 7) is 2.32. The summed E-state index contributed by atoms with van der Waals surface area (Å²) in [5.74, 6) is 0. The molecule has 19 heavy (non-hydrogen) atoms. The highest BCUT2D eigenvalue weighted by molar-refractivity contribution is 7.15. The number of aliphatic hydroxyl groups excluding tert-OH is 1. The number of aliphatic hydroxyl groups is 1. The maximum absolute atomic E-state index is 10.0. The van der Waals surface area contributed by atoms with Crippen molar-refractivity contribution in [3.8, 4) is 0 Å². The van der Waals surface area contributed by atoms with Crippen LogP contribution in [0.3, 0.4) is 0 Å². The molecule has 1 fully saturated rings. The third kappa shape index (κ3) is 2.64. The van der Waals surface area contributed by atoms with Gasteiger partial charge in [-0.25, -0.2) is 4.98 Å². The van der Waals surface area contributed by atoms with E-state index in [4.69, 9.17) is 4.98 Å². The first-order valence-corrected chi connectivity index (χ1v) is 8.06. The monoisotopic (exact) mass is 281 g/mol. The van der Waals surface area contributed by atoms with Crippen molar-refractivity contribution < 1.29 is 5.11 Å². The number of fused-ring (bicyclic) bond motifs is 1. The number of aryl methyl sites for hydroxylation is 1. The molecule has 106 valence electrons. The Morgan fingerprint density at radius 1 is 1.37 bits per heavy atom. The molecule has 1 aliphatic heterocycles. The van der Waals surface area contributed by atoms with E-state index in [9.17, 15) is 5.11 Å². The highest BCUT2D eigenvalue weighted by Crippen LogP contribution is 2.37. The van der Waals surface area contributed by atoms with E-state index < -0.39 is 0 Å². The summed E-state index contributed by atoms with van der Waals surface area (Å²) in [5.41, 5.74) is 0.947. The van der Waals surface area contributed by atoms with Gasteiger partial charge in [0.1, 0.15) is 0 Å². The highest BCUT2D eigenvalue weighted by atomic mass is 32.1. The average Bonchev–Trinajstić information content (AvgIpc) is 2.83. The molecule has 5 heteroatoms. The maximum atomic E-state index is 10.0. The van der Waals surface area contributed by atoms with Gasteiger partial charge < -0.3 is 14.9 Å². The van der Waals surface area contributed by atoms with Crippen LogP contribution < -0.4 is 4.90 Å². The Kier molecular flexibility index (Phi) is 3.78. The average molecular weight is 281 g/mol. The number of hydrogen-bond acceptors (Lipinski definition) is 5. The van der Waals surface area contributed by atoms with E-state index in [2.05, 4.69) is 23.9 Å². The number of likely N-dealkylation sites (N-methyl/N-ethyl adjacent to an activating group) is 2. The third-order valence-electron chi connectivity index (χ3n) is 4.36. The van der Waals surface area contributed by atoms with E-state index >= 15 is 0 Å². The topological polar surface area (TPSA) is 39.6 Å². The molecule has 2 atom stereocenters. The maximum Gasteiger partial charge on any atom is 0.185 e. The van der Waals surface area contributed by atoms with Crippen molar-refractivity contribution in [1.82, 2.24) is 9.88 Å². The molecule has 0 spiro atoms. The molecule has 2 unspecified atom stereocenters. The van der Waals surface area contributed by atoms with Crippen LogP contribution in [0.15, 0.2) is 0 Å². The van der Waals surface area contributed by atoms with Gasteiger partial charge in [0.25, 0.3) is 0 Å². The van der Waals surface area contributed by atoms with Gasteiger partial charge in [-0.05, 0) is 45.7 Å². The molecule has 0 amide bonds. The largest absolute Gasteiger partial charge is 0.387 e. The molecule has 4 nitrogen and oxygen atoms in total. The smallest absolute Gasteiger partial charge is 0.185 e. The van der Waals surface area contributed by atoms with Crippen molar-refractivity contribution in [2.24, 2.45) is 0 Å². The fourth-order valence-corrected chi connectivity index (χ4v) is 4.34. The second-order valence-corrected chi connectivity index (χ2v) is 6.94. The zero-order valence-electron chi connectivity index (χ0n) is 11.8. The Bertz CT molecular complexity index is 448. The lowest BCUT2D eigenvalue weighted by Crippen LogP contribution is -2.45. The van der Waals surface area contributed by atoms with Crippen LogP contribution in [0.2, 0.25) is 0 Å². The lowest BCUT2D eigenvalue weighted by atomic mass is 10.0. The summed E-state index contributed by atoms with van der Waals surface area (Å²) in [7, 11) is 4.34. The number of likely N-dealkylation sites (tertiary alicyclic amines) is 1. The number of rotatable bonds is 2. The van der Waals surface area contributed by atoms with E-state index in [1.54, 1.807) is 11.3 Å². The number of thiazole rings is 1. The fourth-order valence-electron chi connectivity index (χ4n) is 3.15. The van der Waals surface area contributed by atoms with Crippen LogP contribution >= 0.6 is 11.3 Å². The van der Waals surface area contributed by atoms with Gasteiger partial charge in [-0.3, -0.25) is 0 Å². The molecule has 3 rings (SSSR count). The van der Waals surface area contributed by atoms with Gasteiger partial charge in [0, 0.05) is 24.5 Å². The van der Waals surface area contributed by atoms with Crippen LogP contribution in [-0.2, 0) is 6.42 Å². The van der Waals surface area contributed by atoms with Crippen LogP contribution in [0, 0.1) is 0 Å². The molecule has 1 aromatic heterocycles. The lowest BCUT2D eigenvalue weighted by molar-refractivity contribution is 0.153. The Hall–Kier alpha value is -0.650. The van der Waals surface area contributed by atoms with Crippen LogP contribution in [0.4, 0.5) is 5.13 Å². The molecule has 1 aromatic rings. The van der Waals surface area contributed by atoms with Gasteiger partial charge in [-0.2, -0.15) is 0 Å². The van der Waals surface area contributed by atoms with E-state index in [-0.39, 0.29) is 6.10 Å². The van der Waals surface area contributed by atoms with Crippen LogP contribution in [-0.4, -0.2) is 48.2 Å². The molecule has 2 heterocycles. The number of nitrogens with zero attached hydrogens (tertiary/aromatic N) is 3. The molecule has 1 saturated heterocycles. The second-order valence-electron chi connectivity index (χ2n) is 5.88. The molecule has 0 radical (unpaired) electrons. The van der Waals surface area contributed by atoms with Crippen molar-refractivity contribution in [1.29, 1.82) is 0 Å². The van der Waals surface area contributed by atoms with Crippen LogP contribution in [0.5, 0.6) is 0 Å². The zero-order chi connectivity index (χ0) is 13.4. The van der Waals surface area contributed by atoms with Crippen molar-refractivity contribution >= 4 is 16.5 Å². The molecule has 0 bridgehead atoms. The van der Waals surface area contributed by atoms with Gasteiger partial charge in [-0.1, -0.05) is 0 Å². The predicted octanol–water partition coefficient (Wildman–Crippen LogP) is 2.04. The molecular weight excluding hydrogens is 258 g/mol. The van der Waals surface area contributed by atoms with Crippen molar-refractivity contribution in [3.63, 3.8) is 0 Å². The van der Waals surface area contributed by atoms with E-state index in [1.165, 1.54) is 24.3 Å². The number of piperidine rings is 1. The summed E-state index contributed by atoms with van der Waals surface area (Å²) in [5, 5.41) is 11.1. The second kappa shape index (κ2) is 5.38. The van der Waals surface area contributed by atoms with Crippen molar-refractivity contribution in [3.05, 3.63) is 10.6 Å². The highest BCUT2D eigenvalue weighted by Gasteiger charge is 2.27. The molecule has 1 aliphatic carbocycles. The molecule has 0 aromatic carbocycles. The Morgan fingerprint density at radius 2 is 2.21 bits per heavy atom. The summed E-state index contributed by atoms with van der Waals surface area (Å²) < 4.78 is 0. The Balaban J connectivity index is 1.78. The first-order valence-electron chi connectivity index (χ1n) is 7.24. The Labute approximate surface area is 119 Å². The lowest BCUT2D eigenvalue weighted by Gasteiger charge is -2.35. The first-order chi connectivity index (χ1) is 9.15. The Morgan fingerprint density at radius 3 is 2.95 bits per heavy atom. The predicted molar refractivity (Wildman–Crippen MR) is 78.9 cm³/mol. The standard InChI is InChI=1S/C14H23N3OS/c1-16-8-4-5-10(9-16)17(2)14-15-13-11(18)6-3-7-12(13)19-14/h10-11,18H,3-9H2,1-2H3. The van der Waals surface area contributed by atoms with Gasteiger partial charge >= 0.3 is 0 Å². The zero-order valence-corrected chi connectivity index (χ0v) is 12.6. The summed E-state index contributed by atoms with van der Waals surface area (Å²) >= 11 is 1.78. The normalized spacial score (nSPS) is 28.2. The number of hydrogen-bond donors (Lipinski definition) is 1. The minimum atomic E-state index is -0.337. The third-order valence-corrected chi connectivity index (χ3v) is 5.58. The summed E-state index contributed by atoms with van der Waals surface area (Å²) in [4.78, 5) is 10.7. The SMILES string of the molecule is CN1CCCC(N(C)c2nc3c(s2)CCCC3O)C1. The van der Waals surface area contributed by atoms with Gasteiger partial charge in [0.15, 0.2) is 5.13 Å². The van der Waals surface area contributed by atoms with Crippen LogP contribution in [0.25, 0.3) is 0 Å². The van der Waals surface area contributed by atoms with Crippen molar-refractivity contribution in [2.45, 2.75) is 44.2 Å². The van der Waals surface area contributed by atoms with E-state index in [0.717, 1.165) is 36.6 Å². The number of aromatic nitrogens is 1. The summed E-state index contributed by atoms with van der Waals surface area (Å²) in [6, 6.07) is 0.559. The minimum absolute atomic E-state index is 0.337. The number of anilines is 1. The minimum Gasteiger partial charge on any atom is -0.387 e. The van der Waals surface area contributed by atoms with Gasteiger partial charge in [0.2, 0.25) is 0 Å². The quantitative estimate of drug-likeness (QED) is 0.900.